The van der Waals surface area contributed by atoms with Crippen LogP contribution in [0.4, 0.5) is 10.1 Å². The maximum absolute atomic E-state index is 13.2. The molecule has 5 nitrogen and oxygen atoms in total. The van der Waals surface area contributed by atoms with Crippen LogP contribution in [0.3, 0.4) is 0 Å². The van der Waals surface area contributed by atoms with Gasteiger partial charge in [0, 0.05) is 6.07 Å². The van der Waals surface area contributed by atoms with Crippen LogP contribution in [0, 0.1) is 15.9 Å². The predicted octanol–water partition coefficient (Wildman–Crippen LogP) is 2.81. The summed E-state index contributed by atoms with van der Waals surface area (Å²) in [5.74, 6) is 0.0341. The van der Waals surface area contributed by atoms with E-state index >= 15 is 0 Å². The van der Waals surface area contributed by atoms with Crippen molar-refractivity contribution in [1.82, 2.24) is 0 Å². The van der Waals surface area contributed by atoms with Crippen molar-refractivity contribution in [2.24, 2.45) is 5.73 Å². The average Bonchev–Trinajstić information content (AvgIpc) is 2.46. The Bertz CT molecular complexity index is 629. The highest BCUT2D eigenvalue weighted by Gasteiger charge is 2.14. The second kappa shape index (κ2) is 6.81. The molecule has 0 saturated carbocycles. The normalized spacial score (nSPS) is 10.4. The second-order valence-electron chi connectivity index (χ2n) is 4.50. The average molecular weight is 290 g/mol. The highest BCUT2D eigenvalue weighted by molar-refractivity contribution is 5.40. The molecule has 110 valence electrons. The minimum atomic E-state index is -0.553. The maximum Gasteiger partial charge on any atom is 0.276 e. The SMILES string of the molecule is NCCc1ccc(OCc2cc(F)ccc2[N+](=O)[O-])cc1. The van der Waals surface area contributed by atoms with Gasteiger partial charge in [-0.2, -0.15) is 0 Å². The number of nitrogens with zero attached hydrogens (tertiary/aromatic N) is 1. The molecule has 2 aromatic carbocycles. The highest BCUT2D eigenvalue weighted by Crippen LogP contribution is 2.22. The largest absolute Gasteiger partial charge is 0.489 e. The summed E-state index contributed by atoms with van der Waals surface area (Å²) in [5, 5.41) is 10.9. The fraction of sp³-hybridized carbons (Fsp3) is 0.200. The fourth-order valence-electron chi connectivity index (χ4n) is 1.93. The Morgan fingerprint density at radius 2 is 1.90 bits per heavy atom. The summed E-state index contributed by atoms with van der Waals surface area (Å²) in [4.78, 5) is 10.3. The molecule has 0 fully saturated rings. The van der Waals surface area contributed by atoms with Gasteiger partial charge in [0.25, 0.3) is 5.69 Å². The van der Waals surface area contributed by atoms with E-state index in [-0.39, 0.29) is 17.9 Å². The summed E-state index contributed by atoms with van der Waals surface area (Å²) >= 11 is 0. The van der Waals surface area contributed by atoms with Gasteiger partial charge in [-0.25, -0.2) is 4.39 Å². The molecule has 0 aliphatic carbocycles. The second-order valence-corrected chi connectivity index (χ2v) is 4.50. The van der Waals surface area contributed by atoms with Crippen molar-refractivity contribution in [2.45, 2.75) is 13.0 Å². The van der Waals surface area contributed by atoms with Crippen LogP contribution >= 0.6 is 0 Å². The van der Waals surface area contributed by atoms with E-state index in [0.29, 0.717) is 12.3 Å². The van der Waals surface area contributed by atoms with E-state index in [1.165, 1.54) is 0 Å². The molecular weight excluding hydrogens is 275 g/mol. The summed E-state index contributed by atoms with van der Waals surface area (Å²) in [6.07, 6.45) is 0.773. The quantitative estimate of drug-likeness (QED) is 0.655. The van der Waals surface area contributed by atoms with Gasteiger partial charge in [-0.3, -0.25) is 10.1 Å². The van der Waals surface area contributed by atoms with Crippen LogP contribution in [0.15, 0.2) is 42.5 Å². The van der Waals surface area contributed by atoms with Crippen LogP contribution < -0.4 is 10.5 Å². The predicted molar refractivity (Wildman–Crippen MR) is 76.6 cm³/mol. The van der Waals surface area contributed by atoms with E-state index in [1.807, 2.05) is 12.1 Å². The van der Waals surface area contributed by atoms with Gasteiger partial charge in [0.05, 0.1) is 10.5 Å². The first kappa shape index (κ1) is 14.9. The number of halogens is 1. The van der Waals surface area contributed by atoms with Gasteiger partial charge < -0.3 is 10.5 Å². The van der Waals surface area contributed by atoms with Crippen molar-refractivity contribution in [3.63, 3.8) is 0 Å². The molecular formula is C15H15FN2O3. The van der Waals surface area contributed by atoms with E-state index in [2.05, 4.69) is 0 Å². The van der Waals surface area contributed by atoms with Crippen LogP contribution in [-0.4, -0.2) is 11.5 Å². The number of rotatable bonds is 6. The highest BCUT2D eigenvalue weighted by atomic mass is 19.1. The summed E-state index contributed by atoms with van der Waals surface area (Å²) in [6.45, 7) is 0.500. The molecule has 2 aromatic rings. The topological polar surface area (TPSA) is 78.4 Å². The van der Waals surface area contributed by atoms with Gasteiger partial charge in [-0.1, -0.05) is 12.1 Å². The molecule has 0 heterocycles. The maximum atomic E-state index is 13.2. The van der Waals surface area contributed by atoms with E-state index in [4.69, 9.17) is 10.5 Å². The van der Waals surface area contributed by atoms with Crippen molar-refractivity contribution in [2.75, 3.05) is 6.54 Å². The minimum absolute atomic E-state index is 0.0652. The standard InChI is InChI=1S/C15H15FN2O3/c16-13-3-6-15(18(19)20)12(9-13)10-21-14-4-1-11(2-5-14)7-8-17/h1-6,9H,7-8,10,17H2. The van der Waals surface area contributed by atoms with E-state index in [9.17, 15) is 14.5 Å². The molecule has 2 N–H and O–H groups in total. The Morgan fingerprint density at radius 3 is 2.52 bits per heavy atom. The molecule has 0 saturated heterocycles. The first-order chi connectivity index (χ1) is 10.1. The van der Waals surface area contributed by atoms with Crippen molar-refractivity contribution in [3.8, 4) is 5.75 Å². The smallest absolute Gasteiger partial charge is 0.276 e. The molecule has 0 spiro atoms. The monoisotopic (exact) mass is 290 g/mol. The third-order valence-corrected chi connectivity index (χ3v) is 2.99. The molecule has 0 amide bonds. The number of nitro benzene ring substituents is 1. The van der Waals surface area contributed by atoms with Crippen LogP contribution in [-0.2, 0) is 13.0 Å². The molecule has 0 atom stereocenters. The van der Waals surface area contributed by atoms with Gasteiger partial charge >= 0.3 is 0 Å². The number of ether oxygens (including phenoxy) is 1. The van der Waals surface area contributed by atoms with Gasteiger partial charge in [-0.15, -0.1) is 0 Å². The lowest BCUT2D eigenvalue weighted by Crippen LogP contribution is -2.03. The van der Waals surface area contributed by atoms with E-state index in [1.54, 1.807) is 12.1 Å². The molecule has 0 aromatic heterocycles. The number of nitrogens with two attached hydrogens (primary N) is 1. The molecule has 0 radical (unpaired) electrons. The van der Waals surface area contributed by atoms with Gasteiger partial charge in [0.15, 0.2) is 0 Å². The molecule has 2 rings (SSSR count). The van der Waals surface area contributed by atoms with Crippen molar-refractivity contribution < 1.29 is 14.1 Å². The lowest BCUT2D eigenvalue weighted by molar-refractivity contribution is -0.385. The van der Waals surface area contributed by atoms with Crippen LogP contribution in [0.25, 0.3) is 0 Å². The lowest BCUT2D eigenvalue weighted by atomic mass is 10.1. The molecule has 0 bridgehead atoms. The molecule has 6 heteroatoms. The zero-order valence-electron chi connectivity index (χ0n) is 11.3. The zero-order chi connectivity index (χ0) is 15.2. The summed E-state index contributed by atoms with van der Waals surface area (Å²) < 4.78 is 18.7. The zero-order valence-corrected chi connectivity index (χ0v) is 11.3. The number of hydrogen-bond donors (Lipinski definition) is 1. The number of hydrogen-bond acceptors (Lipinski definition) is 4. The number of benzene rings is 2. The van der Waals surface area contributed by atoms with Crippen LogP contribution in [0.1, 0.15) is 11.1 Å². The Kier molecular flexibility index (Phi) is 4.84. The molecule has 0 aliphatic heterocycles. The van der Waals surface area contributed by atoms with E-state index < -0.39 is 10.7 Å². The Hall–Kier alpha value is -2.47. The first-order valence-electron chi connectivity index (χ1n) is 6.45. The summed E-state index contributed by atoms with van der Waals surface area (Å²) in [5.41, 5.74) is 6.59. The lowest BCUT2D eigenvalue weighted by Gasteiger charge is -2.08. The third kappa shape index (κ3) is 4.00. The minimum Gasteiger partial charge on any atom is -0.489 e. The van der Waals surface area contributed by atoms with Crippen LogP contribution in [0.2, 0.25) is 0 Å². The first-order valence-corrected chi connectivity index (χ1v) is 6.45. The Labute approximate surface area is 121 Å². The van der Waals surface area contributed by atoms with Crippen molar-refractivity contribution in [3.05, 3.63) is 69.5 Å². The number of nitro groups is 1. The van der Waals surface area contributed by atoms with Gasteiger partial charge in [-0.05, 0) is 42.8 Å². The van der Waals surface area contributed by atoms with E-state index in [0.717, 1.165) is 30.2 Å². The van der Waals surface area contributed by atoms with Gasteiger partial charge in [0.2, 0.25) is 0 Å². The Morgan fingerprint density at radius 1 is 1.19 bits per heavy atom. The van der Waals surface area contributed by atoms with Crippen molar-refractivity contribution in [1.29, 1.82) is 0 Å². The van der Waals surface area contributed by atoms with Crippen LogP contribution in [0.5, 0.6) is 5.75 Å². The summed E-state index contributed by atoms with van der Waals surface area (Å²) in [7, 11) is 0. The molecule has 0 aliphatic rings. The third-order valence-electron chi connectivity index (χ3n) is 2.99. The Balaban J connectivity index is 2.08. The van der Waals surface area contributed by atoms with Crippen molar-refractivity contribution >= 4 is 5.69 Å². The molecule has 0 unspecified atom stereocenters. The van der Waals surface area contributed by atoms with Gasteiger partial charge in [0.1, 0.15) is 18.2 Å². The fourth-order valence-corrected chi connectivity index (χ4v) is 1.93. The molecule has 21 heavy (non-hydrogen) atoms. The summed E-state index contributed by atoms with van der Waals surface area (Å²) in [6, 6.07) is 10.6.